The van der Waals surface area contributed by atoms with Crippen LogP contribution in [0.25, 0.3) is 0 Å². The number of hydrogen-bond donors (Lipinski definition) is 2. The van der Waals surface area contributed by atoms with Crippen molar-refractivity contribution in [3.8, 4) is 0 Å². The number of hydrogen-bond acceptors (Lipinski definition) is 5. The largest absolute Gasteiger partial charge is 0.372 e. The van der Waals surface area contributed by atoms with Gasteiger partial charge in [-0.3, -0.25) is 0 Å². The van der Waals surface area contributed by atoms with Crippen LogP contribution in [-0.2, 0) is 0 Å². The van der Waals surface area contributed by atoms with Gasteiger partial charge in [-0.05, 0) is 63.6 Å². The molecule has 0 amide bonds. The van der Waals surface area contributed by atoms with Gasteiger partial charge in [-0.25, -0.2) is 4.98 Å². The molecule has 0 fully saturated rings. The Kier molecular flexibility index (Phi) is 5.91. The summed E-state index contributed by atoms with van der Waals surface area (Å²) in [7, 11) is 0. The fraction of sp³-hybridized carbons (Fsp3) is 0.273. The van der Waals surface area contributed by atoms with Crippen LogP contribution in [0.2, 0.25) is 0 Å². The molecule has 0 spiro atoms. The van der Waals surface area contributed by atoms with Crippen molar-refractivity contribution in [1.29, 1.82) is 0 Å². The van der Waals surface area contributed by atoms with E-state index in [1.807, 2.05) is 31.2 Å². The van der Waals surface area contributed by atoms with Crippen LogP contribution in [0.5, 0.6) is 0 Å². The second-order valence-electron chi connectivity index (χ2n) is 6.50. The molecule has 140 valence electrons. The first-order chi connectivity index (χ1) is 13.1. The lowest BCUT2D eigenvalue weighted by molar-refractivity contribution is 0.866. The topological polar surface area (TPSA) is 53.1 Å². The van der Waals surface area contributed by atoms with Crippen LogP contribution < -0.4 is 15.5 Å². The highest BCUT2D eigenvalue weighted by Gasteiger charge is 2.06. The highest BCUT2D eigenvalue weighted by molar-refractivity contribution is 5.63. The van der Waals surface area contributed by atoms with E-state index in [9.17, 15) is 0 Å². The van der Waals surface area contributed by atoms with E-state index in [2.05, 4.69) is 76.6 Å². The summed E-state index contributed by atoms with van der Waals surface area (Å²) in [6.45, 7) is 10.4. The van der Waals surface area contributed by atoms with Crippen molar-refractivity contribution < 1.29 is 0 Å². The Bertz CT molecular complexity index is 885. The van der Waals surface area contributed by atoms with E-state index in [1.54, 1.807) is 0 Å². The predicted molar refractivity (Wildman–Crippen MR) is 115 cm³/mol. The molecule has 0 aliphatic heterocycles. The number of benzene rings is 2. The minimum atomic E-state index is 0.585. The van der Waals surface area contributed by atoms with Gasteiger partial charge >= 0.3 is 0 Å². The maximum atomic E-state index is 4.61. The maximum Gasteiger partial charge on any atom is 0.229 e. The molecule has 2 aromatic carbocycles. The summed E-state index contributed by atoms with van der Waals surface area (Å²) in [4.78, 5) is 11.4. The summed E-state index contributed by atoms with van der Waals surface area (Å²) < 4.78 is 0. The summed E-state index contributed by atoms with van der Waals surface area (Å²) in [5.74, 6) is 1.36. The van der Waals surface area contributed by atoms with Gasteiger partial charge < -0.3 is 15.5 Å². The first-order valence-electron chi connectivity index (χ1n) is 9.39. The molecular formula is C22H27N5. The normalized spacial score (nSPS) is 10.5. The van der Waals surface area contributed by atoms with Gasteiger partial charge in [0.2, 0.25) is 5.95 Å². The monoisotopic (exact) mass is 361 g/mol. The molecule has 0 saturated heterocycles. The summed E-state index contributed by atoms with van der Waals surface area (Å²) in [6, 6.07) is 18.5. The Labute approximate surface area is 161 Å². The number of anilines is 5. The molecule has 0 bridgehead atoms. The van der Waals surface area contributed by atoms with Crippen LogP contribution >= 0.6 is 0 Å². The van der Waals surface area contributed by atoms with Crippen molar-refractivity contribution in [3.63, 3.8) is 0 Å². The van der Waals surface area contributed by atoms with E-state index in [0.717, 1.165) is 36.0 Å². The Balaban J connectivity index is 1.77. The molecule has 0 saturated carbocycles. The van der Waals surface area contributed by atoms with Gasteiger partial charge in [0.1, 0.15) is 5.82 Å². The molecule has 5 heteroatoms. The number of aryl methyl sites for hydroxylation is 2. The number of aromatic nitrogens is 2. The van der Waals surface area contributed by atoms with Gasteiger partial charge in [-0.15, -0.1) is 0 Å². The van der Waals surface area contributed by atoms with Gasteiger partial charge in [0, 0.05) is 41.9 Å². The van der Waals surface area contributed by atoms with Gasteiger partial charge in [0.05, 0.1) is 0 Å². The first kappa shape index (κ1) is 18.7. The predicted octanol–water partition coefficient (Wildman–Crippen LogP) is 5.43. The second-order valence-corrected chi connectivity index (χ2v) is 6.50. The average Bonchev–Trinajstić information content (AvgIpc) is 2.65. The Hall–Kier alpha value is -3.08. The molecule has 1 aromatic heterocycles. The van der Waals surface area contributed by atoms with Crippen molar-refractivity contribution >= 4 is 28.8 Å². The smallest absolute Gasteiger partial charge is 0.229 e. The van der Waals surface area contributed by atoms with Crippen molar-refractivity contribution in [2.45, 2.75) is 27.7 Å². The standard InChI is InChI=1S/C22H27N5/c1-5-27(6-2)19-13-11-18(12-14-19)24-22-23-17(4)15-21(26-22)25-20-10-8-7-9-16(20)3/h7-15H,5-6H2,1-4H3,(H2,23,24,25,26). The van der Waals surface area contributed by atoms with E-state index in [4.69, 9.17) is 0 Å². The number of para-hydroxylation sites is 1. The zero-order valence-electron chi connectivity index (χ0n) is 16.5. The maximum absolute atomic E-state index is 4.61. The van der Waals surface area contributed by atoms with E-state index in [1.165, 1.54) is 11.3 Å². The number of rotatable bonds is 7. The molecule has 0 unspecified atom stereocenters. The van der Waals surface area contributed by atoms with Crippen LogP contribution in [0.3, 0.4) is 0 Å². The molecule has 5 nitrogen and oxygen atoms in total. The van der Waals surface area contributed by atoms with Gasteiger partial charge in [0.15, 0.2) is 0 Å². The van der Waals surface area contributed by atoms with E-state index in [0.29, 0.717) is 5.95 Å². The Morgan fingerprint density at radius 3 is 2.22 bits per heavy atom. The third-order valence-corrected chi connectivity index (χ3v) is 4.51. The van der Waals surface area contributed by atoms with Gasteiger partial charge in [0.25, 0.3) is 0 Å². The lowest BCUT2D eigenvalue weighted by Crippen LogP contribution is -2.21. The average molecular weight is 361 g/mol. The van der Waals surface area contributed by atoms with E-state index < -0.39 is 0 Å². The van der Waals surface area contributed by atoms with E-state index >= 15 is 0 Å². The zero-order chi connectivity index (χ0) is 19.2. The molecule has 27 heavy (non-hydrogen) atoms. The molecule has 0 aliphatic rings. The molecule has 2 N–H and O–H groups in total. The zero-order valence-corrected chi connectivity index (χ0v) is 16.5. The first-order valence-corrected chi connectivity index (χ1v) is 9.39. The molecular weight excluding hydrogens is 334 g/mol. The van der Waals surface area contributed by atoms with Crippen LogP contribution in [0, 0.1) is 13.8 Å². The quantitative estimate of drug-likeness (QED) is 0.588. The Morgan fingerprint density at radius 1 is 0.852 bits per heavy atom. The fourth-order valence-electron chi connectivity index (χ4n) is 3.01. The van der Waals surface area contributed by atoms with Crippen molar-refractivity contribution in [3.05, 3.63) is 65.9 Å². The summed E-state index contributed by atoms with van der Waals surface area (Å²) in [5.41, 5.74) is 5.32. The molecule has 0 aliphatic carbocycles. The molecule has 3 aromatic rings. The van der Waals surface area contributed by atoms with Crippen molar-refractivity contribution in [2.75, 3.05) is 28.6 Å². The minimum absolute atomic E-state index is 0.585. The van der Waals surface area contributed by atoms with E-state index in [-0.39, 0.29) is 0 Å². The Morgan fingerprint density at radius 2 is 1.56 bits per heavy atom. The second kappa shape index (κ2) is 8.54. The summed E-state index contributed by atoms with van der Waals surface area (Å²) >= 11 is 0. The molecule has 0 radical (unpaired) electrons. The molecule has 1 heterocycles. The van der Waals surface area contributed by atoms with Crippen LogP contribution in [0.1, 0.15) is 25.1 Å². The highest BCUT2D eigenvalue weighted by atomic mass is 15.1. The van der Waals surface area contributed by atoms with Crippen LogP contribution in [-0.4, -0.2) is 23.1 Å². The minimum Gasteiger partial charge on any atom is -0.372 e. The number of nitrogens with zero attached hydrogens (tertiary/aromatic N) is 3. The summed E-state index contributed by atoms with van der Waals surface area (Å²) in [6.07, 6.45) is 0. The van der Waals surface area contributed by atoms with Gasteiger partial charge in [-0.1, -0.05) is 18.2 Å². The summed E-state index contributed by atoms with van der Waals surface area (Å²) in [5, 5.41) is 6.69. The third kappa shape index (κ3) is 4.76. The van der Waals surface area contributed by atoms with Crippen molar-refractivity contribution in [1.82, 2.24) is 9.97 Å². The number of nitrogens with one attached hydrogen (secondary N) is 2. The third-order valence-electron chi connectivity index (χ3n) is 4.51. The fourth-order valence-corrected chi connectivity index (χ4v) is 3.01. The van der Waals surface area contributed by atoms with Crippen molar-refractivity contribution in [2.24, 2.45) is 0 Å². The molecule has 3 rings (SSSR count). The van der Waals surface area contributed by atoms with Gasteiger partial charge in [-0.2, -0.15) is 4.98 Å². The van der Waals surface area contributed by atoms with Crippen LogP contribution in [0.15, 0.2) is 54.6 Å². The lowest BCUT2D eigenvalue weighted by atomic mass is 10.2. The highest BCUT2D eigenvalue weighted by Crippen LogP contribution is 2.23. The lowest BCUT2D eigenvalue weighted by Gasteiger charge is -2.21. The SMILES string of the molecule is CCN(CC)c1ccc(Nc2nc(C)cc(Nc3ccccc3C)n2)cc1. The molecule has 0 atom stereocenters. The van der Waals surface area contributed by atoms with Crippen LogP contribution in [0.4, 0.5) is 28.8 Å².